The minimum Gasteiger partial charge on any atom is -0.377 e. The average molecular weight is 213 g/mol. The fraction of sp³-hybridized carbons (Fsp3) is 0.727. The Balaban J connectivity index is 3.00. The van der Waals surface area contributed by atoms with Crippen LogP contribution in [0.3, 0.4) is 0 Å². The van der Waals surface area contributed by atoms with Crippen molar-refractivity contribution in [1.82, 2.24) is 0 Å². The van der Waals surface area contributed by atoms with Crippen molar-refractivity contribution in [2.45, 2.75) is 13.8 Å². The Morgan fingerprint density at radius 1 is 1.07 bits per heavy atom. The van der Waals surface area contributed by atoms with E-state index in [0.29, 0.717) is 39.8 Å². The van der Waals surface area contributed by atoms with Crippen LogP contribution >= 0.6 is 0 Å². The van der Waals surface area contributed by atoms with Crippen molar-refractivity contribution in [3.8, 4) is 12.3 Å². The highest BCUT2D eigenvalue weighted by Crippen LogP contribution is 1.82. The molecule has 0 rings (SSSR count). The molecule has 4 heteroatoms. The predicted molar refractivity (Wildman–Crippen MR) is 60.1 cm³/mol. The molecule has 0 aromatic rings. The van der Waals surface area contributed by atoms with Gasteiger partial charge in [-0.15, -0.1) is 6.42 Å². The molecule has 0 heterocycles. The first kappa shape index (κ1) is 14.1. The number of nitrogens with zero attached hydrogens (tertiary/aromatic N) is 1. The summed E-state index contributed by atoms with van der Waals surface area (Å²) in [5, 5.41) is 0. The summed E-state index contributed by atoms with van der Waals surface area (Å²) >= 11 is 0. The van der Waals surface area contributed by atoms with Gasteiger partial charge in [-0.25, -0.2) is 0 Å². The van der Waals surface area contributed by atoms with Crippen LogP contribution in [0.2, 0.25) is 0 Å². The third-order valence-corrected chi connectivity index (χ3v) is 1.40. The van der Waals surface area contributed by atoms with Gasteiger partial charge in [0.15, 0.2) is 0 Å². The lowest BCUT2D eigenvalue weighted by Crippen LogP contribution is -2.09. The molecule has 0 saturated heterocycles. The summed E-state index contributed by atoms with van der Waals surface area (Å²) in [4.78, 5) is 4.07. The van der Waals surface area contributed by atoms with E-state index in [1.54, 1.807) is 0 Å². The van der Waals surface area contributed by atoms with E-state index in [4.69, 9.17) is 20.6 Å². The van der Waals surface area contributed by atoms with Gasteiger partial charge in [-0.3, -0.25) is 4.99 Å². The molecule has 86 valence electrons. The summed E-state index contributed by atoms with van der Waals surface area (Å²) in [5.41, 5.74) is 1.01. The molecule has 0 aromatic heterocycles. The highest BCUT2D eigenvalue weighted by Gasteiger charge is 1.89. The zero-order valence-electron chi connectivity index (χ0n) is 9.49. The maximum Gasteiger partial charge on any atom is 0.137 e. The van der Waals surface area contributed by atoms with Gasteiger partial charge in [0.1, 0.15) is 13.3 Å². The zero-order valence-corrected chi connectivity index (χ0v) is 9.49. The Hall–Kier alpha value is -0.890. The van der Waals surface area contributed by atoms with Gasteiger partial charge in [-0.1, -0.05) is 5.92 Å². The molecule has 0 radical (unpaired) electrons. The zero-order chi connectivity index (χ0) is 11.4. The summed E-state index contributed by atoms with van der Waals surface area (Å²) in [6, 6.07) is 0. The molecule has 4 nitrogen and oxygen atoms in total. The SMILES string of the molecule is C#CCOCCOCCOCN=C(C)C. The first-order chi connectivity index (χ1) is 7.27. The smallest absolute Gasteiger partial charge is 0.137 e. The Kier molecular flexibility index (Phi) is 10.5. The second-order valence-electron chi connectivity index (χ2n) is 3.01. The van der Waals surface area contributed by atoms with Gasteiger partial charge in [-0.05, 0) is 13.8 Å². The summed E-state index contributed by atoms with van der Waals surface area (Å²) in [6.45, 7) is 6.77. The third kappa shape index (κ3) is 13.1. The second kappa shape index (κ2) is 11.2. The van der Waals surface area contributed by atoms with E-state index in [9.17, 15) is 0 Å². The highest BCUT2D eigenvalue weighted by molar-refractivity contribution is 5.78. The van der Waals surface area contributed by atoms with E-state index in [0.717, 1.165) is 5.71 Å². The van der Waals surface area contributed by atoms with E-state index >= 15 is 0 Å². The van der Waals surface area contributed by atoms with Crippen LogP contribution in [0, 0.1) is 12.3 Å². The minimum absolute atomic E-state index is 0.338. The molecule has 0 saturated carbocycles. The number of hydrogen-bond donors (Lipinski definition) is 0. The van der Waals surface area contributed by atoms with Gasteiger partial charge in [0, 0.05) is 5.71 Å². The first-order valence-electron chi connectivity index (χ1n) is 4.91. The lowest BCUT2D eigenvalue weighted by atomic mass is 10.5. The van der Waals surface area contributed by atoms with Crippen molar-refractivity contribution in [2.75, 3.05) is 39.8 Å². The van der Waals surface area contributed by atoms with Crippen LogP contribution < -0.4 is 0 Å². The van der Waals surface area contributed by atoms with Crippen molar-refractivity contribution in [3.05, 3.63) is 0 Å². The van der Waals surface area contributed by atoms with Crippen molar-refractivity contribution in [2.24, 2.45) is 4.99 Å². The quantitative estimate of drug-likeness (QED) is 0.327. The summed E-state index contributed by atoms with van der Waals surface area (Å²) in [7, 11) is 0. The summed E-state index contributed by atoms with van der Waals surface area (Å²) in [6.07, 6.45) is 5.00. The molecule has 0 aromatic carbocycles. The molecule has 0 spiro atoms. The molecule has 0 aliphatic rings. The van der Waals surface area contributed by atoms with Crippen LogP contribution in [0.25, 0.3) is 0 Å². The fourth-order valence-electron chi connectivity index (χ4n) is 0.708. The van der Waals surface area contributed by atoms with E-state index < -0.39 is 0 Å². The maximum absolute atomic E-state index is 5.22. The van der Waals surface area contributed by atoms with Gasteiger partial charge in [-0.2, -0.15) is 0 Å². The maximum atomic E-state index is 5.22. The van der Waals surface area contributed by atoms with Crippen molar-refractivity contribution < 1.29 is 14.2 Å². The number of aliphatic imine (C=N–C) groups is 1. The van der Waals surface area contributed by atoms with Crippen molar-refractivity contribution in [3.63, 3.8) is 0 Å². The van der Waals surface area contributed by atoms with Crippen molar-refractivity contribution in [1.29, 1.82) is 0 Å². The standard InChI is InChI=1S/C11H19NO3/c1-4-5-13-6-7-14-8-9-15-10-12-11(2)3/h1H,5-10H2,2-3H3. The molecule has 15 heavy (non-hydrogen) atoms. The molecule has 0 fully saturated rings. The van der Waals surface area contributed by atoms with Gasteiger partial charge < -0.3 is 14.2 Å². The third-order valence-electron chi connectivity index (χ3n) is 1.40. The molecular weight excluding hydrogens is 194 g/mol. The molecule has 0 N–H and O–H groups in total. The lowest BCUT2D eigenvalue weighted by molar-refractivity contribution is 0.0220. The van der Waals surface area contributed by atoms with Gasteiger partial charge in [0.05, 0.1) is 26.4 Å². The van der Waals surface area contributed by atoms with Crippen LogP contribution in [0.1, 0.15) is 13.8 Å². The van der Waals surface area contributed by atoms with Crippen LogP contribution in [0.5, 0.6) is 0 Å². The second-order valence-corrected chi connectivity index (χ2v) is 3.01. The van der Waals surface area contributed by atoms with Gasteiger partial charge in [0.25, 0.3) is 0 Å². The van der Waals surface area contributed by atoms with E-state index in [1.807, 2.05) is 13.8 Å². The van der Waals surface area contributed by atoms with E-state index in [2.05, 4.69) is 10.9 Å². The molecule has 0 bridgehead atoms. The first-order valence-corrected chi connectivity index (χ1v) is 4.91. The monoisotopic (exact) mass is 213 g/mol. The van der Waals surface area contributed by atoms with Gasteiger partial charge >= 0.3 is 0 Å². The lowest BCUT2D eigenvalue weighted by Gasteiger charge is -2.04. The molecular formula is C11H19NO3. The largest absolute Gasteiger partial charge is 0.377 e. The average Bonchev–Trinajstić information content (AvgIpc) is 2.20. The van der Waals surface area contributed by atoms with Crippen LogP contribution in [0.4, 0.5) is 0 Å². The number of rotatable bonds is 9. The molecule has 0 amide bonds. The number of terminal acetylenes is 1. The molecule has 0 aliphatic heterocycles. The fourth-order valence-corrected chi connectivity index (χ4v) is 0.708. The van der Waals surface area contributed by atoms with Crippen LogP contribution in [0.15, 0.2) is 4.99 Å². The predicted octanol–water partition coefficient (Wildman–Crippen LogP) is 1.11. The summed E-state index contributed by atoms with van der Waals surface area (Å²) in [5.74, 6) is 2.38. The Morgan fingerprint density at radius 2 is 1.67 bits per heavy atom. The number of hydrogen-bond acceptors (Lipinski definition) is 4. The topological polar surface area (TPSA) is 40.0 Å². The molecule has 0 aliphatic carbocycles. The van der Waals surface area contributed by atoms with Crippen LogP contribution in [-0.2, 0) is 14.2 Å². The Labute approximate surface area is 91.6 Å². The highest BCUT2D eigenvalue weighted by atomic mass is 16.5. The Bertz CT molecular complexity index is 204. The van der Waals surface area contributed by atoms with Crippen LogP contribution in [-0.4, -0.2) is 45.5 Å². The minimum atomic E-state index is 0.338. The summed E-state index contributed by atoms with van der Waals surface area (Å²) < 4.78 is 15.4. The van der Waals surface area contributed by atoms with Crippen molar-refractivity contribution >= 4 is 5.71 Å². The van der Waals surface area contributed by atoms with E-state index in [1.165, 1.54) is 0 Å². The molecule has 0 unspecified atom stereocenters. The number of ether oxygens (including phenoxy) is 3. The normalized spacial score (nSPS) is 9.67. The Morgan fingerprint density at radius 3 is 2.27 bits per heavy atom. The molecule has 0 atom stereocenters. The van der Waals surface area contributed by atoms with E-state index in [-0.39, 0.29) is 0 Å². The van der Waals surface area contributed by atoms with Gasteiger partial charge in [0.2, 0.25) is 0 Å².